The van der Waals surface area contributed by atoms with Crippen molar-refractivity contribution in [1.82, 2.24) is 10.8 Å². The predicted molar refractivity (Wildman–Crippen MR) is 170 cm³/mol. The molecule has 250 valence electrons. The van der Waals surface area contributed by atoms with Gasteiger partial charge in [-0.1, -0.05) is 64.2 Å². The zero-order chi connectivity index (χ0) is 30.9. The molecule has 0 saturated heterocycles. The maximum absolute atomic E-state index is 13.3. The lowest BCUT2D eigenvalue weighted by molar-refractivity contribution is -0.150. The van der Waals surface area contributed by atoms with Gasteiger partial charge in [-0.2, -0.15) is 5.48 Å². The molecule has 0 aliphatic heterocycles. The Kier molecular flexibility index (Phi) is 12.8. The van der Waals surface area contributed by atoms with Crippen molar-refractivity contribution in [2.45, 2.75) is 153 Å². The van der Waals surface area contributed by atoms with E-state index < -0.39 is 23.8 Å². The second-order valence-corrected chi connectivity index (χ2v) is 15.6. The first kappa shape index (κ1) is 33.7. The molecular formula is C36H60N2O6. The first-order chi connectivity index (χ1) is 21.4. The third kappa shape index (κ3) is 9.67. The lowest BCUT2D eigenvalue weighted by Crippen LogP contribution is -2.47. The summed E-state index contributed by atoms with van der Waals surface area (Å²) in [6.07, 6.45) is 24.1. The number of carboxylic acids is 2. The Morgan fingerprint density at radius 2 is 1.07 bits per heavy atom. The molecule has 5 fully saturated rings. The van der Waals surface area contributed by atoms with Crippen LogP contribution in [-0.2, 0) is 19.2 Å². The van der Waals surface area contributed by atoms with E-state index >= 15 is 0 Å². The summed E-state index contributed by atoms with van der Waals surface area (Å²) in [5.74, 6) is -0.0862. The Bertz CT molecular complexity index is 924. The lowest BCUT2D eigenvalue weighted by Gasteiger charge is -2.37. The third-order valence-electron chi connectivity index (χ3n) is 12.4. The van der Waals surface area contributed by atoms with Gasteiger partial charge < -0.3 is 20.4 Å². The van der Waals surface area contributed by atoms with Crippen LogP contribution >= 0.6 is 0 Å². The van der Waals surface area contributed by atoms with Crippen molar-refractivity contribution in [3.05, 3.63) is 0 Å². The van der Waals surface area contributed by atoms with Gasteiger partial charge in [0.25, 0.3) is 0 Å². The smallest absolute Gasteiger partial charge is 0.308 e. The van der Waals surface area contributed by atoms with E-state index in [1.807, 2.05) is 0 Å². The van der Waals surface area contributed by atoms with Crippen LogP contribution < -0.4 is 10.8 Å². The maximum Gasteiger partial charge on any atom is 0.308 e. The molecule has 0 aromatic rings. The molecule has 0 spiro atoms. The minimum absolute atomic E-state index is 0.0614. The molecule has 4 N–H and O–H groups in total. The third-order valence-corrected chi connectivity index (χ3v) is 12.4. The quantitative estimate of drug-likeness (QED) is 0.172. The summed E-state index contributed by atoms with van der Waals surface area (Å²) in [7, 11) is 0. The standard InChI is InChI=1S/C36H60N2O6/c39-34(30-17-13-27(21-31(30)35(40)41)19-24-7-3-1-4-8-24)37-29-15-11-26(12-16-29)23-44-38-33-18-14-28(22-32(33)36(42)43)20-25-9-5-2-6-10-25/h24-33,38H,1-23H2,(H,37,39)(H,40,41)(H,42,43). The zero-order valence-electron chi connectivity index (χ0n) is 27.1. The van der Waals surface area contributed by atoms with E-state index in [1.165, 1.54) is 70.6 Å². The van der Waals surface area contributed by atoms with Gasteiger partial charge in [-0.3, -0.25) is 14.4 Å². The Morgan fingerprint density at radius 3 is 1.64 bits per heavy atom. The molecule has 0 radical (unpaired) electrons. The summed E-state index contributed by atoms with van der Waals surface area (Å²) in [6, 6.07) is -0.0392. The van der Waals surface area contributed by atoms with E-state index in [4.69, 9.17) is 4.84 Å². The van der Waals surface area contributed by atoms with Gasteiger partial charge in [0.1, 0.15) is 0 Å². The number of amides is 1. The number of carboxylic acid groups (broad SMARTS) is 2. The fourth-order valence-corrected chi connectivity index (χ4v) is 9.79. The van der Waals surface area contributed by atoms with Crippen LogP contribution in [0.4, 0.5) is 0 Å². The van der Waals surface area contributed by atoms with Crippen LogP contribution in [0.1, 0.15) is 141 Å². The molecule has 0 aromatic carbocycles. The summed E-state index contributed by atoms with van der Waals surface area (Å²) in [4.78, 5) is 43.5. The van der Waals surface area contributed by atoms with Gasteiger partial charge in [0, 0.05) is 12.1 Å². The summed E-state index contributed by atoms with van der Waals surface area (Å²) in [5.41, 5.74) is 3.15. The van der Waals surface area contributed by atoms with Crippen LogP contribution in [0.2, 0.25) is 0 Å². The molecule has 5 aliphatic carbocycles. The van der Waals surface area contributed by atoms with Gasteiger partial charge in [-0.25, -0.2) is 0 Å². The molecule has 1 amide bonds. The summed E-state index contributed by atoms with van der Waals surface area (Å²) in [6.45, 7) is 0.557. The number of carbonyl (C=O) groups is 3. The van der Waals surface area contributed by atoms with Crippen molar-refractivity contribution in [3.63, 3.8) is 0 Å². The van der Waals surface area contributed by atoms with E-state index in [2.05, 4.69) is 10.8 Å². The SMILES string of the molecule is O=C(O)C1CC(CC2CCCCC2)CCC1NOCC1CCC(NC(=O)C2CCC(CC3CCCCC3)CC2C(=O)O)CC1. The second kappa shape index (κ2) is 16.8. The van der Waals surface area contributed by atoms with Gasteiger partial charge >= 0.3 is 11.9 Å². The van der Waals surface area contributed by atoms with Gasteiger partial charge in [-0.15, -0.1) is 0 Å². The minimum atomic E-state index is -0.810. The fraction of sp³-hybridized carbons (Fsp3) is 0.917. The number of hydrogen-bond acceptors (Lipinski definition) is 5. The minimum Gasteiger partial charge on any atom is -0.481 e. The molecule has 5 aliphatic rings. The fourth-order valence-electron chi connectivity index (χ4n) is 9.79. The van der Waals surface area contributed by atoms with Crippen molar-refractivity contribution in [3.8, 4) is 0 Å². The van der Waals surface area contributed by atoms with E-state index in [0.29, 0.717) is 37.2 Å². The van der Waals surface area contributed by atoms with E-state index in [1.54, 1.807) is 0 Å². The van der Waals surface area contributed by atoms with Crippen LogP contribution in [0.25, 0.3) is 0 Å². The Hall–Kier alpha value is -1.67. The van der Waals surface area contributed by atoms with Crippen molar-refractivity contribution in [1.29, 1.82) is 0 Å². The van der Waals surface area contributed by atoms with Gasteiger partial charge in [0.15, 0.2) is 0 Å². The molecule has 44 heavy (non-hydrogen) atoms. The normalized spacial score (nSPS) is 36.0. The number of hydroxylamine groups is 1. The average molecular weight is 617 g/mol. The number of aliphatic carboxylic acids is 2. The second-order valence-electron chi connectivity index (χ2n) is 15.6. The molecule has 0 aromatic heterocycles. The van der Waals surface area contributed by atoms with E-state index in [9.17, 15) is 24.6 Å². The summed E-state index contributed by atoms with van der Waals surface area (Å²) < 4.78 is 0. The number of rotatable bonds is 12. The van der Waals surface area contributed by atoms with Gasteiger partial charge in [0.2, 0.25) is 5.91 Å². The van der Waals surface area contributed by atoms with Gasteiger partial charge in [0.05, 0.1) is 24.4 Å². The highest BCUT2D eigenvalue weighted by Gasteiger charge is 2.41. The van der Waals surface area contributed by atoms with Crippen molar-refractivity contribution in [2.75, 3.05) is 6.61 Å². The molecular weight excluding hydrogens is 556 g/mol. The lowest BCUT2D eigenvalue weighted by atomic mass is 9.69. The topological polar surface area (TPSA) is 125 Å². The Labute approximate surface area is 265 Å². The molecule has 0 heterocycles. The summed E-state index contributed by atoms with van der Waals surface area (Å²) >= 11 is 0. The van der Waals surface area contributed by atoms with Crippen LogP contribution in [0, 0.1) is 47.3 Å². The molecule has 5 saturated carbocycles. The van der Waals surface area contributed by atoms with Crippen molar-refractivity contribution in [2.24, 2.45) is 47.3 Å². The Balaban J connectivity index is 0.990. The first-order valence-electron chi connectivity index (χ1n) is 18.5. The number of hydrogen-bond donors (Lipinski definition) is 4. The highest BCUT2D eigenvalue weighted by Crippen LogP contribution is 2.41. The molecule has 8 heteroatoms. The highest BCUT2D eigenvalue weighted by molar-refractivity contribution is 5.85. The van der Waals surface area contributed by atoms with E-state index in [-0.39, 0.29) is 23.9 Å². The van der Waals surface area contributed by atoms with Crippen LogP contribution in [0.3, 0.4) is 0 Å². The van der Waals surface area contributed by atoms with Crippen molar-refractivity contribution < 1.29 is 29.4 Å². The maximum atomic E-state index is 13.3. The largest absolute Gasteiger partial charge is 0.481 e. The molecule has 0 bridgehead atoms. The van der Waals surface area contributed by atoms with Crippen LogP contribution in [-0.4, -0.2) is 46.7 Å². The van der Waals surface area contributed by atoms with Crippen molar-refractivity contribution >= 4 is 17.8 Å². The zero-order valence-corrected chi connectivity index (χ0v) is 27.1. The predicted octanol–water partition coefficient (Wildman–Crippen LogP) is 7.11. The molecule has 8 nitrogen and oxygen atoms in total. The van der Waals surface area contributed by atoms with Crippen LogP contribution in [0.15, 0.2) is 0 Å². The van der Waals surface area contributed by atoms with Gasteiger partial charge in [-0.05, 0) is 107 Å². The average Bonchev–Trinajstić information content (AvgIpc) is 3.03. The van der Waals surface area contributed by atoms with E-state index in [0.717, 1.165) is 69.6 Å². The van der Waals surface area contributed by atoms with Crippen LogP contribution in [0.5, 0.6) is 0 Å². The molecule has 5 rings (SSSR count). The number of nitrogens with one attached hydrogen (secondary N) is 2. The number of carbonyl (C=O) groups excluding carboxylic acids is 1. The summed E-state index contributed by atoms with van der Waals surface area (Å²) in [5, 5.41) is 23.2. The molecule has 6 atom stereocenters. The highest BCUT2D eigenvalue weighted by atomic mass is 16.6. The Morgan fingerprint density at radius 1 is 0.545 bits per heavy atom. The first-order valence-corrected chi connectivity index (χ1v) is 18.5. The monoisotopic (exact) mass is 616 g/mol. The molecule has 6 unspecified atom stereocenters.